The minimum absolute atomic E-state index is 1.02. The van der Waals surface area contributed by atoms with E-state index in [2.05, 4.69) is 26.1 Å². The van der Waals surface area contributed by atoms with Crippen molar-refractivity contribution in [1.29, 1.82) is 0 Å². The van der Waals surface area contributed by atoms with Gasteiger partial charge in [0.05, 0.1) is 5.69 Å². The fraction of sp³-hybridized carbons (Fsp3) is 0.625. The van der Waals surface area contributed by atoms with E-state index in [4.69, 9.17) is 0 Å². The number of aromatic amines is 1. The molecule has 0 saturated carbocycles. The van der Waals surface area contributed by atoms with E-state index < -0.39 is 0 Å². The Hall–Kier alpha value is -0.310. The predicted molar refractivity (Wildman–Crippen MR) is 48.1 cm³/mol. The van der Waals surface area contributed by atoms with E-state index in [1.54, 1.807) is 0 Å². The van der Waals surface area contributed by atoms with E-state index in [9.17, 15) is 0 Å². The summed E-state index contributed by atoms with van der Waals surface area (Å²) in [5.41, 5.74) is 4.14. The molecule has 0 saturated heterocycles. The largest absolute Gasteiger partial charge is 0.282 e. The zero-order chi connectivity index (χ0) is 7.68. The van der Waals surface area contributed by atoms with Gasteiger partial charge in [0.2, 0.25) is 0 Å². The summed E-state index contributed by atoms with van der Waals surface area (Å²) in [5, 5.41) is 8.39. The number of aryl methyl sites for hydroxylation is 2. The molecule has 1 heterocycles. The van der Waals surface area contributed by atoms with E-state index in [1.807, 2.05) is 0 Å². The average Bonchev–Trinajstić information content (AvgIpc) is 2.53. The Kier molecular flexibility index (Phi) is 1.98. The summed E-state index contributed by atoms with van der Waals surface area (Å²) in [6, 6.07) is 0. The second kappa shape index (κ2) is 2.97. The molecular weight excluding hydrogens is 204 g/mol. The van der Waals surface area contributed by atoms with Crippen molar-refractivity contribution in [2.24, 2.45) is 0 Å². The fourth-order valence-electron chi connectivity index (χ4n) is 1.68. The average molecular weight is 215 g/mol. The van der Waals surface area contributed by atoms with Gasteiger partial charge in [0, 0.05) is 17.4 Å². The number of halogens is 1. The third kappa shape index (κ3) is 1.22. The van der Waals surface area contributed by atoms with Crippen molar-refractivity contribution in [1.82, 2.24) is 10.2 Å². The molecule has 2 rings (SSSR count). The molecule has 2 nitrogen and oxygen atoms in total. The Labute approximate surface area is 74.5 Å². The van der Waals surface area contributed by atoms with E-state index in [0.29, 0.717) is 0 Å². The monoisotopic (exact) mass is 214 g/mol. The first-order chi connectivity index (χ1) is 5.42. The van der Waals surface area contributed by atoms with Gasteiger partial charge in [-0.2, -0.15) is 5.10 Å². The van der Waals surface area contributed by atoms with Crippen LogP contribution < -0.4 is 0 Å². The number of hydrogen-bond donors (Lipinski definition) is 1. The smallest absolute Gasteiger partial charge is 0.0665 e. The molecule has 0 amide bonds. The highest BCUT2D eigenvalue weighted by molar-refractivity contribution is 9.09. The number of H-pyrrole nitrogens is 1. The van der Waals surface area contributed by atoms with Gasteiger partial charge in [-0.05, 0) is 24.8 Å². The minimum Gasteiger partial charge on any atom is -0.282 e. The van der Waals surface area contributed by atoms with Crippen LogP contribution in [0.2, 0.25) is 0 Å². The number of fused-ring (bicyclic) bond motifs is 1. The summed E-state index contributed by atoms with van der Waals surface area (Å²) < 4.78 is 0. The van der Waals surface area contributed by atoms with Gasteiger partial charge in [0.15, 0.2) is 0 Å². The molecule has 3 heteroatoms. The van der Waals surface area contributed by atoms with Crippen molar-refractivity contribution in [3.8, 4) is 0 Å². The Morgan fingerprint density at radius 1 is 1.45 bits per heavy atom. The van der Waals surface area contributed by atoms with Gasteiger partial charge in [-0.15, -0.1) is 0 Å². The molecule has 0 unspecified atom stereocenters. The molecule has 0 bridgehead atoms. The molecule has 0 fully saturated rings. The van der Waals surface area contributed by atoms with Crippen molar-refractivity contribution >= 4 is 15.9 Å². The molecule has 1 aromatic heterocycles. The van der Waals surface area contributed by atoms with E-state index >= 15 is 0 Å². The molecular formula is C8H11BrN2. The van der Waals surface area contributed by atoms with Gasteiger partial charge in [-0.3, -0.25) is 5.10 Å². The first-order valence-corrected chi connectivity index (χ1v) is 5.15. The maximum absolute atomic E-state index is 4.27. The van der Waals surface area contributed by atoms with Crippen LogP contribution in [-0.4, -0.2) is 15.5 Å². The van der Waals surface area contributed by atoms with E-state index in [-0.39, 0.29) is 0 Å². The SMILES string of the molecule is BrCCc1n[nH]c2c1CCC2. The van der Waals surface area contributed by atoms with Crippen LogP contribution in [0.15, 0.2) is 0 Å². The molecule has 0 atom stereocenters. The highest BCUT2D eigenvalue weighted by atomic mass is 79.9. The highest BCUT2D eigenvalue weighted by Gasteiger charge is 2.17. The lowest BCUT2D eigenvalue weighted by Gasteiger charge is -1.93. The lowest BCUT2D eigenvalue weighted by Crippen LogP contribution is -1.90. The molecule has 0 aromatic carbocycles. The molecule has 60 valence electrons. The Bertz CT molecular complexity index is 255. The molecule has 0 radical (unpaired) electrons. The number of nitrogens with zero attached hydrogens (tertiary/aromatic N) is 1. The van der Waals surface area contributed by atoms with Crippen LogP contribution in [0.1, 0.15) is 23.4 Å². The van der Waals surface area contributed by atoms with Gasteiger partial charge >= 0.3 is 0 Å². The van der Waals surface area contributed by atoms with Crippen LogP contribution in [0.5, 0.6) is 0 Å². The van der Waals surface area contributed by atoms with Gasteiger partial charge in [0.1, 0.15) is 0 Å². The van der Waals surface area contributed by atoms with Crippen LogP contribution in [0.4, 0.5) is 0 Å². The van der Waals surface area contributed by atoms with Crippen molar-refractivity contribution in [2.45, 2.75) is 25.7 Å². The maximum Gasteiger partial charge on any atom is 0.0665 e. The van der Waals surface area contributed by atoms with Gasteiger partial charge in [-0.1, -0.05) is 15.9 Å². The molecule has 0 spiro atoms. The van der Waals surface area contributed by atoms with E-state index in [0.717, 1.165) is 11.8 Å². The normalized spacial score (nSPS) is 15.4. The summed E-state index contributed by atoms with van der Waals surface area (Å²) >= 11 is 3.43. The molecule has 1 N–H and O–H groups in total. The summed E-state index contributed by atoms with van der Waals surface area (Å²) in [6.07, 6.45) is 4.80. The van der Waals surface area contributed by atoms with Crippen LogP contribution in [-0.2, 0) is 19.3 Å². The van der Waals surface area contributed by atoms with Gasteiger partial charge in [0.25, 0.3) is 0 Å². The topological polar surface area (TPSA) is 28.7 Å². The zero-order valence-corrected chi connectivity index (χ0v) is 7.95. The summed E-state index contributed by atoms with van der Waals surface area (Å²) in [6.45, 7) is 0. The van der Waals surface area contributed by atoms with Crippen LogP contribution >= 0.6 is 15.9 Å². The predicted octanol–water partition coefficient (Wildman–Crippen LogP) is 1.84. The first-order valence-electron chi connectivity index (χ1n) is 4.03. The number of nitrogens with one attached hydrogen (secondary N) is 1. The van der Waals surface area contributed by atoms with Crippen molar-refractivity contribution < 1.29 is 0 Å². The number of hydrogen-bond acceptors (Lipinski definition) is 1. The van der Waals surface area contributed by atoms with Crippen molar-refractivity contribution in [3.05, 3.63) is 17.0 Å². The Morgan fingerprint density at radius 3 is 3.18 bits per heavy atom. The summed E-state index contributed by atoms with van der Waals surface area (Å²) in [5.74, 6) is 0. The molecule has 1 aliphatic carbocycles. The number of alkyl halides is 1. The molecule has 1 aromatic rings. The third-order valence-corrected chi connectivity index (χ3v) is 2.62. The Balaban J connectivity index is 2.27. The fourth-order valence-corrected chi connectivity index (χ4v) is 2.06. The molecule has 1 aliphatic rings. The summed E-state index contributed by atoms with van der Waals surface area (Å²) in [4.78, 5) is 0. The second-order valence-corrected chi connectivity index (χ2v) is 3.71. The van der Waals surface area contributed by atoms with Crippen molar-refractivity contribution in [3.63, 3.8) is 0 Å². The second-order valence-electron chi connectivity index (χ2n) is 2.92. The first kappa shape index (κ1) is 7.35. The van der Waals surface area contributed by atoms with Crippen molar-refractivity contribution in [2.75, 3.05) is 5.33 Å². The quantitative estimate of drug-likeness (QED) is 0.749. The highest BCUT2D eigenvalue weighted by Crippen LogP contribution is 2.22. The van der Waals surface area contributed by atoms with Gasteiger partial charge in [-0.25, -0.2) is 0 Å². The maximum atomic E-state index is 4.27. The lowest BCUT2D eigenvalue weighted by atomic mass is 10.2. The number of rotatable bonds is 2. The lowest BCUT2D eigenvalue weighted by molar-refractivity contribution is 0.841. The standard InChI is InChI=1S/C8H11BrN2/c9-5-4-8-6-2-1-3-7(6)10-11-8/h1-5H2,(H,10,11). The number of aromatic nitrogens is 2. The van der Waals surface area contributed by atoms with Crippen LogP contribution in [0.25, 0.3) is 0 Å². The molecule has 0 aliphatic heterocycles. The third-order valence-electron chi connectivity index (χ3n) is 2.22. The van der Waals surface area contributed by atoms with E-state index in [1.165, 1.54) is 36.2 Å². The van der Waals surface area contributed by atoms with Gasteiger partial charge < -0.3 is 0 Å². The zero-order valence-electron chi connectivity index (χ0n) is 6.36. The van der Waals surface area contributed by atoms with Crippen LogP contribution in [0, 0.1) is 0 Å². The summed E-state index contributed by atoms with van der Waals surface area (Å²) in [7, 11) is 0. The minimum atomic E-state index is 1.02. The van der Waals surface area contributed by atoms with Crippen LogP contribution in [0.3, 0.4) is 0 Å². The Morgan fingerprint density at radius 2 is 2.36 bits per heavy atom. The molecule has 11 heavy (non-hydrogen) atoms.